The van der Waals surface area contributed by atoms with Gasteiger partial charge in [0, 0.05) is 22.4 Å². The van der Waals surface area contributed by atoms with Crippen molar-refractivity contribution in [1.82, 2.24) is 0 Å². The molecule has 1 aliphatic carbocycles. The number of hydrogen-bond donors (Lipinski definition) is 0. The van der Waals surface area contributed by atoms with Crippen LogP contribution in [-0.2, 0) is 23.6 Å². The quantitative estimate of drug-likeness (QED) is 0.582. The Labute approximate surface area is 157 Å². The number of rotatable bonds is 3. The van der Waals surface area contributed by atoms with E-state index in [0.29, 0.717) is 15.9 Å². The lowest BCUT2D eigenvalue weighted by Gasteiger charge is -2.44. The van der Waals surface area contributed by atoms with Crippen molar-refractivity contribution in [3.63, 3.8) is 0 Å². The zero-order valence-corrected chi connectivity index (χ0v) is 16.7. The van der Waals surface area contributed by atoms with Gasteiger partial charge >= 0.3 is 11.9 Å². The molecule has 4 rings (SSSR count). The predicted molar refractivity (Wildman–Crippen MR) is 100 cm³/mol. The number of benzene rings is 1. The Morgan fingerprint density at radius 2 is 1.58 bits per heavy atom. The Bertz CT molecular complexity index is 897. The zero-order valence-electron chi connectivity index (χ0n) is 15.0. The maximum absolute atomic E-state index is 14.1. The van der Waals surface area contributed by atoms with E-state index in [1.807, 2.05) is 31.2 Å². The predicted octanol–water partition coefficient (Wildman–Crippen LogP) is 3.15. The van der Waals surface area contributed by atoms with Gasteiger partial charge in [-0.3, -0.25) is 0 Å². The zero-order chi connectivity index (χ0) is 19.2. The minimum atomic E-state index is -3.06. The van der Waals surface area contributed by atoms with Gasteiger partial charge in [-0.1, -0.05) is 41.4 Å². The van der Waals surface area contributed by atoms with E-state index < -0.39 is 30.7 Å². The van der Waals surface area contributed by atoms with E-state index in [4.69, 9.17) is 21.1 Å². The summed E-state index contributed by atoms with van der Waals surface area (Å²) in [7, 11) is -0.572. The van der Waals surface area contributed by atoms with E-state index in [1.54, 1.807) is 6.92 Å². The summed E-state index contributed by atoms with van der Waals surface area (Å²) >= 11 is 6.48. The van der Waals surface area contributed by atoms with E-state index in [2.05, 4.69) is 0 Å². The normalized spacial score (nSPS) is 27.6. The highest BCUT2D eigenvalue weighted by atomic mass is 35.5. The van der Waals surface area contributed by atoms with Crippen LogP contribution in [0.15, 0.2) is 46.0 Å². The third-order valence-corrected chi connectivity index (χ3v) is 9.28. The number of carbonyl (C=O) groups excluding carboxylic acids is 2. The van der Waals surface area contributed by atoms with Gasteiger partial charge in [0.15, 0.2) is 0 Å². The molecule has 3 unspecified atom stereocenters. The highest BCUT2D eigenvalue weighted by Gasteiger charge is 2.55. The van der Waals surface area contributed by atoms with Crippen LogP contribution < -0.4 is 5.30 Å². The molecule has 2 bridgehead atoms. The first kappa shape index (κ1) is 18.9. The van der Waals surface area contributed by atoms with Crippen molar-refractivity contribution in [3.8, 4) is 0 Å². The molecule has 138 valence electrons. The lowest BCUT2D eigenvalue weighted by Crippen LogP contribution is -2.42. The van der Waals surface area contributed by atoms with E-state index in [1.165, 1.54) is 14.2 Å². The van der Waals surface area contributed by atoms with Gasteiger partial charge in [0.05, 0.1) is 31.0 Å². The van der Waals surface area contributed by atoms with Crippen LogP contribution in [0, 0.1) is 12.8 Å². The molecule has 2 heterocycles. The first-order valence-electron chi connectivity index (χ1n) is 8.19. The fourth-order valence-corrected chi connectivity index (χ4v) is 8.08. The number of esters is 2. The fourth-order valence-electron chi connectivity index (χ4n) is 3.90. The largest absolute Gasteiger partial charge is 0.466 e. The van der Waals surface area contributed by atoms with Crippen LogP contribution in [-0.4, -0.2) is 38.0 Å². The Morgan fingerprint density at radius 3 is 2.12 bits per heavy atom. The monoisotopic (exact) mass is 394 g/mol. The molecule has 0 N–H and O–H groups in total. The molecule has 3 atom stereocenters. The van der Waals surface area contributed by atoms with Gasteiger partial charge in [0.2, 0.25) is 0 Å². The molecule has 5 nitrogen and oxygen atoms in total. The summed E-state index contributed by atoms with van der Waals surface area (Å²) in [4.78, 5) is 24.9. The summed E-state index contributed by atoms with van der Waals surface area (Å²) in [5, 5.41) is 1.13. The Hall–Kier alpha value is -1.84. The van der Waals surface area contributed by atoms with E-state index in [-0.39, 0.29) is 17.3 Å². The van der Waals surface area contributed by atoms with Crippen LogP contribution in [0.4, 0.5) is 0 Å². The molecule has 7 heteroatoms. The number of fused-ring (bicyclic) bond motifs is 1. The summed E-state index contributed by atoms with van der Waals surface area (Å²) in [6.45, 7) is 3.71. The molecule has 0 spiro atoms. The first-order chi connectivity index (χ1) is 12.3. The molecular weight excluding hydrogens is 375 g/mol. The molecule has 0 saturated heterocycles. The van der Waals surface area contributed by atoms with Gasteiger partial charge in [-0.15, -0.1) is 0 Å². The molecule has 26 heavy (non-hydrogen) atoms. The number of aryl methyl sites for hydroxylation is 1. The van der Waals surface area contributed by atoms with Crippen LogP contribution in [0.5, 0.6) is 0 Å². The van der Waals surface area contributed by atoms with Crippen molar-refractivity contribution in [3.05, 3.63) is 51.6 Å². The third-order valence-electron chi connectivity index (χ3n) is 5.16. The van der Waals surface area contributed by atoms with Crippen molar-refractivity contribution in [2.24, 2.45) is 5.92 Å². The minimum absolute atomic E-state index is 0.112. The molecule has 1 aromatic rings. The summed E-state index contributed by atoms with van der Waals surface area (Å²) < 4.78 is 23.9. The van der Waals surface area contributed by atoms with Crippen molar-refractivity contribution in [2.75, 3.05) is 20.4 Å². The van der Waals surface area contributed by atoms with E-state index >= 15 is 0 Å². The van der Waals surface area contributed by atoms with Gasteiger partial charge in [0.25, 0.3) is 0 Å². The average Bonchev–Trinajstić information content (AvgIpc) is 2.64. The van der Waals surface area contributed by atoms with Crippen molar-refractivity contribution >= 4 is 36.0 Å². The smallest absolute Gasteiger partial charge is 0.335 e. The van der Waals surface area contributed by atoms with Crippen LogP contribution in [0.25, 0.3) is 0 Å². The standard InChI is InChI=1S/C19H20ClO5P/c1-10-5-7-12(8-6-10)26(23)9-13-14(18(21)24-3)15(19(22)25-4)17(26)11(2)16(13)20/h5-8,13,17H,9H2,1-4H3. The molecule has 2 aliphatic heterocycles. The van der Waals surface area contributed by atoms with Crippen molar-refractivity contribution in [1.29, 1.82) is 0 Å². The average molecular weight is 395 g/mol. The molecular formula is C19H20ClO5P. The second-order valence-electron chi connectivity index (χ2n) is 6.61. The molecule has 0 radical (unpaired) electrons. The van der Waals surface area contributed by atoms with E-state index in [9.17, 15) is 14.2 Å². The minimum Gasteiger partial charge on any atom is -0.466 e. The Kier molecular flexibility index (Phi) is 4.89. The maximum Gasteiger partial charge on any atom is 0.335 e. The fraction of sp³-hybridized carbons (Fsp3) is 0.368. The lowest BCUT2D eigenvalue weighted by atomic mass is 9.83. The van der Waals surface area contributed by atoms with Gasteiger partial charge in [-0.2, -0.15) is 0 Å². The second-order valence-corrected chi connectivity index (χ2v) is 10.0. The Morgan fingerprint density at radius 1 is 1.04 bits per heavy atom. The van der Waals surface area contributed by atoms with Crippen molar-refractivity contribution < 1.29 is 23.6 Å². The van der Waals surface area contributed by atoms with Gasteiger partial charge < -0.3 is 14.0 Å². The number of carbonyl (C=O) groups is 2. The number of ether oxygens (including phenoxy) is 2. The summed E-state index contributed by atoms with van der Waals surface area (Å²) in [6.07, 6.45) is 0.196. The third kappa shape index (κ3) is 2.65. The number of hydrogen-bond acceptors (Lipinski definition) is 5. The number of methoxy groups -OCH3 is 2. The van der Waals surface area contributed by atoms with Gasteiger partial charge in [0.1, 0.15) is 7.14 Å². The van der Waals surface area contributed by atoms with E-state index in [0.717, 1.165) is 5.56 Å². The topological polar surface area (TPSA) is 69.7 Å². The second kappa shape index (κ2) is 6.71. The summed E-state index contributed by atoms with van der Waals surface area (Å²) in [6, 6.07) is 7.43. The summed E-state index contributed by atoms with van der Waals surface area (Å²) in [5.41, 5.74) is 1.20. The molecule has 0 saturated carbocycles. The van der Waals surface area contributed by atoms with Crippen molar-refractivity contribution in [2.45, 2.75) is 19.5 Å². The molecule has 0 aromatic heterocycles. The van der Waals surface area contributed by atoms with Crippen LogP contribution in [0.3, 0.4) is 0 Å². The van der Waals surface area contributed by atoms with Crippen LogP contribution in [0.2, 0.25) is 0 Å². The lowest BCUT2D eigenvalue weighted by molar-refractivity contribution is -0.139. The Balaban J connectivity index is 2.28. The highest BCUT2D eigenvalue weighted by molar-refractivity contribution is 7.73. The number of halogens is 1. The molecule has 1 aromatic carbocycles. The number of allylic oxidation sites excluding steroid dienone is 2. The highest BCUT2D eigenvalue weighted by Crippen LogP contribution is 2.66. The molecule has 0 amide bonds. The molecule has 3 aliphatic rings. The molecule has 0 fully saturated rings. The SMILES string of the molecule is COC(=O)C1=C(C(=O)OC)C2C(C)=C(Cl)C1CP2(=O)c1ccc(C)cc1. The van der Waals surface area contributed by atoms with Crippen LogP contribution >= 0.6 is 18.7 Å². The first-order valence-corrected chi connectivity index (χ1v) is 10.5. The van der Waals surface area contributed by atoms with Crippen LogP contribution in [0.1, 0.15) is 12.5 Å². The summed E-state index contributed by atoms with van der Waals surface area (Å²) in [5.74, 6) is -1.94. The van der Waals surface area contributed by atoms with Gasteiger partial charge in [-0.25, -0.2) is 9.59 Å². The maximum atomic E-state index is 14.1. The van der Waals surface area contributed by atoms with Gasteiger partial charge in [-0.05, 0) is 19.4 Å².